The molecule has 2 N–H and O–H groups in total. The van der Waals surface area contributed by atoms with Gasteiger partial charge in [0.15, 0.2) is 0 Å². The second-order valence-electron chi connectivity index (χ2n) is 5.58. The zero-order valence-electron chi connectivity index (χ0n) is 14.2. The molecule has 0 aliphatic rings. The third-order valence-corrected chi connectivity index (χ3v) is 3.43. The maximum atomic E-state index is 10.4. The number of primary amides is 1. The van der Waals surface area contributed by atoms with Crippen molar-refractivity contribution >= 4 is 5.91 Å². The second kappa shape index (κ2) is 17.5. The van der Waals surface area contributed by atoms with Gasteiger partial charge < -0.3 is 5.73 Å². The quantitative estimate of drug-likeness (QED) is 0.253. The van der Waals surface area contributed by atoms with E-state index in [4.69, 9.17) is 5.73 Å². The van der Waals surface area contributed by atoms with Crippen LogP contribution in [-0.2, 0) is 4.79 Å². The average molecular weight is 303 g/mol. The van der Waals surface area contributed by atoms with Gasteiger partial charge in [0, 0.05) is 6.08 Å². The van der Waals surface area contributed by atoms with Gasteiger partial charge >= 0.3 is 0 Å². The van der Waals surface area contributed by atoms with Crippen LogP contribution in [0.15, 0.2) is 48.6 Å². The van der Waals surface area contributed by atoms with Crippen LogP contribution in [0.4, 0.5) is 0 Å². The van der Waals surface area contributed by atoms with Gasteiger partial charge in [0.05, 0.1) is 0 Å². The van der Waals surface area contributed by atoms with Crippen molar-refractivity contribution in [2.24, 2.45) is 5.73 Å². The molecule has 0 heterocycles. The van der Waals surface area contributed by atoms with Crippen LogP contribution < -0.4 is 5.73 Å². The van der Waals surface area contributed by atoms with Crippen LogP contribution in [0.3, 0.4) is 0 Å². The molecular weight excluding hydrogens is 270 g/mol. The summed E-state index contributed by atoms with van der Waals surface area (Å²) in [6.07, 6.45) is 28.4. The summed E-state index contributed by atoms with van der Waals surface area (Å²) < 4.78 is 0. The summed E-state index contributed by atoms with van der Waals surface area (Å²) in [4.78, 5) is 10.4. The van der Waals surface area contributed by atoms with E-state index in [9.17, 15) is 4.79 Å². The lowest BCUT2D eigenvalue weighted by Crippen LogP contribution is -2.04. The Bertz CT molecular complexity index is 364. The summed E-state index contributed by atoms with van der Waals surface area (Å²) in [5.74, 6) is -0.422. The highest BCUT2D eigenvalue weighted by atomic mass is 16.1. The van der Waals surface area contributed by atoms with Crippen molar-refractivity contribution in [2.45, 2.75) is 71.1 Å². The Hall–Kier alpha value is -1.57. The minimum Gasteiger partial charge on any atom is -0.366 e. The van der Waals surface area contributed by atoms with E-state index >= 15 is 0 Å². The molecule has 0 saturated carbocycles. The predicted octanol–water partition coefficient (Wildman–Crippen LogP) is 5.62. The van der Waals surface area contributed by atoms with Gasteiger partial charge in [-0.2, -0.15) is 0 Å². The van der Waals surface area contributed by atoms with Crippen LogP contribution in [-0.4, -0.2) is 5.91 Å². The molecule has 1 amide bonds. The number of rotatable bonds is 14. The Morgan fingerprint density at radius 3 is 1.82 bits per heavy atom. The Morgan fingerprint density at radius 2 is 1.23 bits per heavy atom. The van der Waals surface area contributed by atoms with E-state index in [0.29, 0.717) is 0 Å². The topological polar surface area (TPSA) is 43.1 Å². The smallest absolute Gasteiger partial charge is 0.241 e. The third-order valence-electron chi connectivity index (χ3n) is 3.43. The van der Waals surface area contributed by atoms with Gasteiger partial charge in [-0.05, 0) is 12.8 Å². The molecule has 124 valence electrons. The van der Waals surface area contributed by atoms with Crippen molar-refractivity contribution in [3.63, 3.8) is 0 Å². The summed E-state index contributed by atoms with van der Waals surface area (Å²) in [6.45, 7) is 2.26. The zero-order chi connectivity index (χ0) is 16.3. The molecule has 0 spiro atoms. The lowest BCUT2D eigenvalue weighted by Gasteiger charge is -2.00. The Kier molecular flexibility index (Phi) is 16.2. The highest BCUT2D eigenvalue weighted by Crippen LogP contribution is 2.10. The van der Waals surface area contributed by atoms with Crippen molar-refractivity contribution in [3.8, 4) is 0 Å². The second-order valence-corrected chi connectivity index (χ2v) is 5.58. The van der Waals surface area contributed by atoms with Gasteiger partial charge in [-0.3, -0.25) is 4.79 Å². The van der Waals surface area contributed by atoms with E-state index < -0.39 is 5.91 Å². The van der Waals surface area contributed by atoms with Crippen molar-refractivity contribution < 1.29 is 4.79 Å². The van der Waals surface area contributed by atoms with Crippen molar-refractivity contribution in [3.05, 3.63) is 48.6 Å². The number of hydrogen-bond donors (Lipinski definition) is 1. The highest BCUT2D eigenvalue weighted by Gasteiger charge is 1.90. The summed E-state index contributed by atoms with van der Waals surface area (Å²) in [5.41, 5.74) is 4.97. The van der Waals surface area contributed by atoms with Crippen LogP contribution in [0, 0.1) is 0 Å². The van der Waals surface area contributed by atoms with E-state index in [1.165, 1.54) is 63.9 Å². The normalized spacial score (nSPS) is 12.4. The molecule has 0 aliphatic heterocycles. The summed E-state index contributed by atoms with van der Waals surface area (Å²) in [6, 6.07) is 0. The van der Waals surface area contributed by atoms with Crippen LogP contribution >= 0.6 is 0 Å². The third kappa shape index (κ3) is 18.4. The first kappa shape index (κ1) is 20.4. The van der Waals surface area contributed by atoms with Crippen molar-refractivity contribution in [1.29, 1.82) is 0 Å². The Labute approximate surface area is 136 Å². The standard InChI is InChI=1S/C20H33NO/c1-2-3-4-5-6-7-8-9-10-11-12-13-14-15-16-17-18-19-20(21)22/h12-19H,2-11H2,1H3,(H2,21,22)/b13-12+,15-14+,17-16+,19-18+. The predicted molar refractivity (Wildman–Crippen MR) is 97.6 cm³/mol. The van der Waals surface area contributed by atoms with Crippen molar-refractivity contribution in [1.82, 2.24) is 0 Å². The first-order chi connectivity index (χ1) is 10.8. The molecule has 0 radical (unpaired) electrons. The van der Waals surface area contributed by atoms with Crippen LogP contribution in [0.25, 0.3) is 0 Å². The molecule has 0 unspecified atom stereocenters. The average Bonchev–Trinajstić information content (AvgIpc) is 2.50. The first-order valence-corrected chi connectivity index (χ1v) is 8.73. The van der Waals surface area contributed by atoms with Gasteiger partial charge in [-0.15, -0.1) is 0 Å². The highest BCUT2D eigenvalue weighted by molar-refractivity contribution is 5.85. The minimum atomic E-state index is -0.422. The van der Waals surface area contributed by atoms with Crippen LogP contribution in [0.5, 0.6) is 0 Å². The van der Waals surface area contributed by atoms with E-state index in [1.54, 1.807) is 12.2 Å². The van der Waals surface area contributed by atoms with Gasteiger partial charge in [-0.1, -0.05) is 101 Å². The number of unbranched alkanes of at least 4 members (excludes halogenated alkanes) is 9. The largest absolute Gasteiger partial charge is 0.366 e. The lowest BCUT2D eigenvalue weighted by atomic mass is 10.1. The minimum absolute atomic E-state index is 0.422. The maximum Gasteiger partial charge on any atom is 0.241 e. The fraction of sp³-hybridized carbons (Fsp3) is 0.550. The summed E-state index contributed by atoms with van der Waals surface area (Å²) in [5, 5.41) is 0. The van der Waals surface area contributed by atoms with Gasteiger partial charge in [-0.25, -0.2) is 0 Å². The Balaban J connectivity index is 3.35. The first-order valence-electron chi connectivity index (χ1n) is 8.73. The van der Waals surface area contributed by atoms with Crippen LogP contribution in [0.2, 0.25) is 0 Å². The van der Waals surface area contributed by atoms with Crippen molar-refractivity contribution in [2.75, 3.05) is 0 Å². The molecule has 0 bridgehead atoms. The number of nitrogens with two attached hydrogens (primary N) is 1. The Morgan fingerprint density at radius 1 is 0.727 bits per heavy atom. The van der Waals surface area contributed by atoms with Gasteiger partial charge in [0.1, 0.15) is 0 Å². The fourth-order valence-corrected chi connectivity index (χ4v) is 2.15. The number of hydrogen-bond acceptors (Lipinski definition) is 1. The molecule has 22 heavy (non-hydrogen) atoms. The van der Waals surface area contributed by atoms with E-state index in [0.717, 1.165) is 6.42 Å². The molecule has 0 aromatic rings. The molecule has 2 nitrogen and oxygen atoms in total. The molecular formula is C20H33NO. The molecule has 0 rings (SSSR count). The number of carbonyl (C=O) groups is 1. The monoisotopic (exact) mass is 303 g/mol. The fourth-order valence-electron chi connectivity index (χ4n) is 2.15. The summed E-state index contributed by atoms with van der Waals surface area (Å²) >= 11 is 0. The lowest BCUT2D eigenvalue weighted by molar-refractivity contribution is -0.113. The SMILES string of the molecule is CCCCCCCCCCC/C=C/C=C/C=C/C=C/C(N)=O. The molecule has 2 heteroatoms. The number of amides is 1. The van der Waals surface area contributed by atoms with E-state index in [2.05, 4.69) is 19.1 Å². The molecule has 0 fully saturated rings. The van der Waals surface area contributed by atoms with Gasteiger partial charge in [0.25, 0.3) is 0 Å². The van der Waals surface area contributed by atoms with Crippen LogP contribution in [0.1, 0.15) is 71.1 Å². The van der Waals surface area contributed by atoms with E-state index in [-0.39, 0.29) is 0 Å². The van der Waals surface area contributed by atoms with Gasteiger partial charge in [0.2, 0.25) is 5.91 Å². The summed E-state index contributed by atoms with van der Waals surface area (Å²) in [7, 11) is 0. The zero-order valence-corrected chi connectivity index (χ0v) is 14.2. The molecule has 0 aromatic carbocycles. The molecule has 0 aliphatic carbocycles. The molecule has 0 aromatic heterocycles. The van der Waals surface area contributed by atoms with E-state index in [1.807, 2.05) is 18.2 Å². The maximum absolute atomic E-state index is 10.4. The molecule has 0 atom stereocenters. The number of carbonyl (C=O) groups excluding carboxylic acids is 1. The molecule has 0 saturated heterocycles. The number of allylic oxidation sites excluding steroid dienone is 7.